The molecule has 1 fully saturated rings. The van der Waals surface area contributed by atoms with Crippen LogP contribution in [0.3, 0.4) is 0 Å². The highest BCUT2D eigenvalue weighted by molar-refractivity contribution is 7.91. The van der Waals surface area contributed by atoms with Crippen molar-refractivity contribution in [3.8, 4) is 0 Å². The minimum absolute atomic E-state index is 0. The molecule has 2 N–H and O–H groups in total. The van der Waals surface area contributed by atoms with E-state index in [9.17, 15) is 13.2 Å². The van der Waals surface area contributed by atoms with Crippen molar-refractivity contribution in [2.24, 2.45) is 11.7 Å². The molecule has 0 bridgehead atoms. The van der Waals surface area contributed by atoms with E-state index in [4.69, 9.17) is 5.73 Å². The summed E-state index contributed by atoms with van der Waals surface area (Å²) in [6, 6.07) is 9.74. The summed E-state index contributed by atoms with van der Waals surface area (Å²) in [5.74, 6) is -0.712. The number of hydrogen-bond donors (Lipinski definition) is 1. The Balaban J connectivity index is 0.00000243. The van der Waals surface area contributed by atoms with Gasteiger partial charge in [0, 0.05) is 19.0 Å². The van der Waals surface area contributed by atoms with Crippen LogP contribution < -0.4 is 5.73 Å². The molecule has 0 spiro atoms. The fraction of sp³-hybridized carbons (Fsp3) is 0.375. The Morgan fingerprint density at radius 1 is 1.35 bits per heavy atom. The normalized spacial score (nSPS) is 20.5. The quantitative estimate of drug-likeness (QED) is 0.743. The summed E-state index contributed by atoms with van der Waals surface area (Å²) in [7, 11) is -2.63. The van der Waals surface area contributed by atoms with Crippen LogP contribution in [0.4, 0.5) is 0 Å². The number of hydrogen-bond acceptors (Lipinski definition) is 7. The van der Waals surface area contributed by atoms with E-state index < -0.39 is 16.0 Å². The van der Waals surface area contributed by atoms with Crippen LogP contribution in [0.15, 0.2) is 40.1 Å². The standard InChI is InChI=1S/C16H19N3O4S2.ClH/c1-23-15(20)14-16(24-10-18-14)25(21,22)19-8-12(7-17)13(9-19)11-5-3-2-4-6-11;/h2-6,10,12-13H,7-9,17H2,1H3;1H/t12-,13+;/m1./s1. The molecule has 0 saturated carbocycles. The van der Waals surface area contributed by atoms with Gasteiger partial charge in [-0.1, -0.05) is 30.3 Å². The predicted octanol–water partition coefficient (Wildman–Crippen LogP) is 1.71. The maximum Gasteiger partial charge on any atom is 0.358 e. The molecule has 0 radical (unpaired) electrons. The number of thiazole rings is 1. The van der Waals surface area contributed by atoms with E-state index in [2.05, 4.69) is 9.72 Å². The van der Waals surface area contributed by atoms with Gasteiger partial charge in [-0.2, -0.15) is 4.31 Å². The highest BCUT2D eigenvalue weighted by Crippen LogP contribution is 2.36. The number of ether oxygens (including phenoxy) is 1. The first-order valence-electron chi connectivity index (χ1n) is 7.76. The summed E-state index contributed by atoms with van der Waals surface area (Å²) in [5.41, 5.74) is 8.11. The number of sulfonamides is 1. The third-order valence-corrected chi connectivity index (χ3v) is 7.60. The minimum atomic E-state index is -3.83. The number of rotatable bonds is 5. The van der Waals surface area contributed by atoms with Crippen LogP contribution in [0.2, 0.25) is 0 Å². The lowest BCUT2D eigenvalue weighted by atomic mass is 9.89. The van der Waals surface area contributed by atoms with Crippen LogP contribution in [-0.4, -0.2) is 50.4 Å². The second-order valence-corrected chi connectivity index (χ2v) is 8.80. The first-order chi connectivity index (χ1) is 12.0. The zero-order valence-electron chi connectivity index (χ0n) is 14.1. The number of esters is 1. The van der Waals surface area contributed by atoms with Crippen molar-refractivity contribution in [1.29, 1.82) is 0 Å². The average Bonchev–Trinajstić information content (AvgIpc) is 3.29. The summed E-state index contributed by atoms with van der Waals surface area (Å²) >= 11 is 0.920. The molecule has 2 aromatic rings. The molecule has 1 aromatic carbocycles. The van der Waals surface area contributed by atoms with Gasteiger partial charge in [-0.3, -0.25) is 0 Å². The second-order valence-electron chi connectivity index (χ2n) is 5.81. The SMILES string of the molecule is COC(=O)c1ncsc1S(=O)(=O)N1C[C@@H](CN)[C@H](c2ccccc2)C1.Cl. The van der Waals surface area contributed by atoms with E-state index in [1.165, 1.54) is 16.9 Å². The Morgan fingerprint density at radius 2 is 2.04 bits per heavy atom. The van der Waals surface area contributed by atoms with Crippen molar-refractivity contribution in [3.63, 3.8) is 0 Å². The van der Waals surface area contributed by atoms with Crippen LogP contribution in [0, 0.1) is 5.92 Å². The third-order valence-electron chi connectivity index (χ3n) is 4.43. The van der Waals surface area contributed by atoms with Crippen LogP contribution in [0.1, 0.15) is 22.0 Å². The molecule has 0 aliphatic carbocycles. The molecule has 2 atom stereocenters. The number of aromatic nitrogens is 1. The van der Waals surface area contributed by atoms with Crippen LogP contribution in [-0.2, 0) is 14.8 Å². The van der Waals surface area contributed by atoms with Crippen LogP contribution in [0.5, 0.6) is 0 Å². The number of halogens is 1. The van der Waals surface area contributed by atoms with E-state index in [1.807, 2.05) is 30.3 Å². The molecule has 1 aliphatic rings. The van der Waals surface area contributed by atoms with E-state index in [0.717, 1.165) is 16.9 Å². The average molecular weight is 418 g/mol. The van der Waals surface area contributed by atoms with Gasteiger partial charge in [-0.25, -0.2) is 18.2 Å². The molecular weight excluding hydrogens is 398 g/mol. The molecule has 1 saturated heterocycles. The largest absolute Gasteiger partial charge is 0.464 e. The highest BCUT2D eigenvalue weighted by Gasteiger charge is 2.41. The summed E-state index contributed by atoms with van der Waals surface area (Å²) in [4.78, 5) is 15.6. The Kier molecular flexibility index (Phi) is 6.75. The Labute approximate surface area is 162 Å². The third kappa shape index (κ3) is 3.77. The maximum absolute atomic E-state index is 13.0. The highest BCUT2D eigenvalue weighted by atomic mass is 35.5. The van der Waals surface area contributed by atoms with E-state index >= 15 is 0 Å². The number of nitrogens with two attached hydrogens (primary N) is 1. The van der Waals surface area contributed by atoms with Gasteiger partial charge < -0.3 is 10.5 Å². The van der Waals surface area contributed by atoms with Crippen molar-refractivity contribution >= 4 is 39.7 Å². The topological polar surface area (TPSA) is 103 Å². The van der Waals surface area contributed by atoms with Gasteiger partial charge in [0.2, 0.25) is 0 Å². The van der Waals surface area contributed by atoms with Crippen molar-refractivity contribution in [3.05, 3.63) is 47.1 Å². The molecular formula is C16H20ClN3O4S2. The van der Waals surface area contributed by atoms with Crippen molar-refractivity contribution in [1.82, 2.24) is 9.29 Å². The Bertz CT molecular complexity index is 857. The first kappa shape index (κ1) is 20.8. The lowest BCUT2D eigenvalue weighted by molar-refractivity contribution is 0.0590. The van der Waals surface area contributed by atoms with Gasteiger partial charge in [-0.05, 0) is 18.0 Å². The van der Waals surface area contributed by atoms with Gasteiger partial charge in [0.1, 0.15) is 0 Å². The number of carbonyl (C=O) groups excluding carboxylic acids is 1. The van der Waals surface area contributed by atoms with Gasteiger partial charge in [-0.15, -0.1) is 23.7 Å². The van der Waals surface area contributed by atoms with E-state index in [0.29, 0.717) is 19.6 Å². The minimum Gasteiger partial charge on any atom is -0.464 e. The van der Waals surface area contributed by atoms with Crippen molar-refractivity contribution < 1.29 is 17.9 Å². The lowest BCUT2D eigenvalue weighted by Crippen LogP contribution is -2.30. The molecule has 142 valence electrons. The summed E-state index contributed by atoms with van der Waals surface area (Å²) in [6.45, 7) is 1.03. The lowest BCUT2D eigenvalue weighted by Gasteiger charge is -2.16. The predicted molar refractivity (Wildman–Crippen MR) is 101 cm³/mol. The zero-order chi connectivity index (χ0) is 18.0. The van der Waals surface area contributed by atoms with E-state index in [1.54, 1.807) is 0 Å². The summed E-state index contributed by atoms with van der Waals surface area (Å²) in [6.07, 6.45) is 0. The molecule has 0 amide bonds. The van der Waals surface area contributed by atoms with Crippen LogP contribution >= 0.6 is 23.7 Å². The monoisotopic (exact) mass is 417 g/mol. The first-order valence-corrected chi connectivity index (χ1v) is 10.1. The molecule has 1 aromatic heterocycles. The number of carbonyl (C=O) groups is 1. The zero-order valence-corrected chi connectivity index (χ0v) is 16.5. The molecule has 7 nitrogen and oxygen atoms in total. The fourth-order valence-electron chi connectivity index (χ4n) is 3.11. The molecule has 26 heavy (non-hydrogen) atoms. The summed E-state index contributed by atoms with van der Waals surface area (Å²) < 4.78 is 32.0. The molecule has 1 aliphatic heterocycles. The van der Waals surface area contributed by atoms with Gasteiger partial charge in [0.25, 0.3) is 10.0 Å². The van der Waals surface area contributed by atoms with Gasteiger partial charge >= 0.3 is 5.97 Å². The van der Waals surface area contributed by atoms with Gasteiger partial charge in [0.05, 0.1) is 12.6 Å². The smallest absolute Gasteiger partial charge is 0.358 e. The van der Waals surface area contributed by atoms with Gasteiger partial charge in [0.15, 0.2) is 9.90 Å². The molecule has 2 heterocycles. The van der Waals surface area contributed by atoms with Crippen molar-refractivity contribution in [2.45, 2.75) is 10.1 Å². The van der Waals surface area contributed by atoms with Crippen LogP contribution in [0.25, 0.3) is 0 Å². The fourth-order valence-corrected chi connectivity index (χ4v) is 5.91. The number of benzene rings is 1. The van der Waals surface area contributed by atoms with Crippen molar-refractivity contribution in [2.75, 3.05) is 26.7 Å². The summed E-state index contributed by atoms with van der Waals surface area (Å²) in [5, 5.41) is 0. The van der Waals surface area contributed by atoms with E-state index in [-0.39, 0.29) is 34.1 Å². The molecule has 0 unspecified atom stereocenters. The Hall–Kier alpha value is -1.52. The second kappa shape index (κ2) is 8.45. The number of methoxy groups -OCH3 is 1. The molecule has 10 heteroatoms. The number of nitrogens with zero attached hydrogens (tertiary/aromatic N) is 2. The Morgan fingerprint density at radius 3 is 2.65 bits per heavy atom. The maximum atomic E-state index is 13.0. The molecule has 3 rings (SSSR count).